The lowest BCUT2D eigenvalue weighted by molar-refractivity contribution is -0.138. The zero-order valence-corrected chi connectivity index (χ0v) is 10.4. The van der Waals surface area contributed by atoms with Gasteiger partial charge in [0.1, 0.15) is 0 Å². The molecule has 17 heavy (non-hydrogen) atoms. The number of hydrogen-bond acceptors (Lipinski definition) is 3. The first-order valence-electron chi connectivity index (χ1n) is 6.33. The van der Waals surface area contributed by atoms with Gasteiger partial charge in [-0.15, -0.1) is 0 Å². The number of carbonyl (C=O) groups excluding carboxylic acids is 1. The van der Waals surface area contributed by atoms with Crippen molar-refractivity contribution in [3.8, 4) is 0 Å². The minimum absolute atomic E-state index is 0.0215. The summed E-state index contributed by atoms with van der Waals surface area (Å²) in [7, 11) is 0. The highest BCUT2D eigenvalue weighted by atomic mass is 16.4. The Morgan fingerprint density at radius 3 is 2.82 bits per heavy atom. The van der Waals surface area contributed by atoms with E-state index in [0.29, 0.717) is 19.0 Å². The first-order chi connectivity index (χ1) is 8.11. The third-order valence-corrected chi connectivity index (χ3v) is 3.22. The SMILES string of the molecule is CCC(CNC(=O)CC1CCCN1)CC(=O)O. The van der Waals surface area contributed by atoms with Gasteiger partial charge in [0, 0.05) is 25.4 Å². The maximum absolute atomic E-state index is 11.6. The largest absolute Gasteiger partial charge is 0.481 e. The Balaban J connectivity index is 2.18. The van der Waals surface area contributed by atoms with Crippen LogP contribution in [-0.2, 0) is 9.59 Å². The van der Waals surface area contributed by atoms with Crippen molar-refractivity contribution in [1.29, 1.82) is 0 Å². The van der Waals surface area contributed by atoms with Gasteiger partial charge >= 0.3 is 5.97 Å². The highest BCUT2D eigenvalue weighted by molar-refractivity contribution is 5.76. The average Bonchev–Trinajstić information content (AvgIpc) is 2.76. The van der Waals surface area contributed by atoms with E-state index in [1.807, 2.05) is 6.92 Å². The summed E-state index contributed by atoms with van der Waals surface area (Å²) in [5, 5.41) is 14.8. The zero-order valence-electron chi connectivity index (χ0n) is 10.4. The Morgan fingerprint density at radius 1 is 1.53 bits per heavy atom. The number of carboxylic acids is 1. The fourth-order valence-corrected chi connectivity index (χ4v) is 2.09. The molecule has 0 spiro atoms. The molecule has 1 amide bonds. The van der Waals surface area contributed by atoms with Gasteiger partial charge in [-0.25, -0.2) is 0 Å². The fourth-order valence-electron chi connectivity index (χ4n) is 2.09. The van der Waals surface area contributed by atoms with Crippen molar-refractivity contribution >= 4 is 11.9 Å². The summed E-state index contributed by atoms with van der Waals surface area (Å²) in [5.74, 6) is -0.746. The van der Waals surface area contributed by atoms with Gasteiger partial charge in [-0.3, -0.25) is 9.59 Å². The molecule has 0 radical (unpaired) electrons. The van der Waals surface area contributed by atoms with Crippen LogP contribution in [0.4, 0.5) is 0 Å². The lowest BCUT2D eigenvalue weighted by Gasteiger charge is -2.15. The third kappa shape index (κ3) is 5.68. The highest BCUT2D eigenvalue weighted by Crippen LogP contribution is 2.09. The second kappa shape index (κ2) is 7.27. The number of nitrogens with one attached hydrogen (secondary N) is 2. The van der Waals surface area contributed by atoms with Crippen LogP contribution >= 0.6 is 0 Å². The van der Waals surface area contributed by atoms with Crippen LogP contribution in [0.2, 0.25) is 0 Å². The Hall–Kier alpha value is -1.10. The van der Waals surface area contributed by atoms with Gasteiger partial charge in [0.05, 0.1) is 0 Å². The molecular formula is C12H22N2O3. The predicted octanol–water partition coefficient (Wildman–Crippen LogP) is 0.746. The van der Waals surface area contributed by atoms with Crippen molar-refractivity contribution in [2.24, 2.45) is 5.92 Å². The molecule has 1 saturated heterocycles. The number of aliphatic carboxylic acids is 1. The number of amides is 1. The molecule has 1 fully saturated rings. The third-order valence-electron chi connectivity index (χ3n) is 3.22. The fraction of sp³-hybridized carbons (Fsp3) is 0.833. The van der Waals surface area contributed by atoms with Crippen molar-refractivity contribution < 1.29 is 14.7 Å². The molecule has 5 nitrogen and oxygen atoms in total. The van der Waals surface area contributed by atoms with Crippen molar-refractivity contribution in [1.82, 2.24) is 10.6 Å². The summed E-state index contributed by atoms with van der Waals surface area (Å²) < 4.78 is 0. The standard InChI is InChI=1S/C12H22N2O3/c1-2-9(6-12(16)17)8-14-11(15)7-10-4-3-5-13-10/h9-10,13H,2-8H2,1H3,(H,14,15)(H,16,17). The van der Waals surface area contributed by atoms with Gasteiger partial charge in [-0.1, -0.05) is 13.3 Å². The summed E-state index contributed by atoms with van der Waals surface area (Å²) >= 11 is 0. The molecule has 1 heterocycles. The van der Waals surface area contributed by atoms with Crippen LogP contribution < -0.4 is 10.6 Å². The molecule has 0 aromatic heterocycles. The minimum Gasteiger partial charge on any atom is -0.481 e. The van der Waals surface area contributed by atoms with E-state index in [4.69, 9.17) is 5.11 Å². The topological polar surface area (TPSA) is 78.4 Å². The molecule has 2 atom stereocenters. The van der Waals surface area contributed by atoms with E-state index in [9.17, 15) is 9.59 Å². The van der Waals surface area contributed by atoms with E-state index in [-0.39, 0.29) is 18.2 Å². The quantitative estimate of drug-likeness (QED) is 0.615. The summed E-state index contributed by atoms with van der Waals surface area (Å²) in [5.41, 5.74) is 0. The minimum atomic E-state index is -0.802. The van der Waals surface area contributed by atoms with Crippen molar-refractivity contribution in [3.05, 3.63) is 0 Å². The van der Waals surface area contributed by atoms with Gasteiger partial charge in [-0.05, 0) is 25.3 Å². The normalized spacial score (nSPS) is 21.1. The second-order valence-corrected chi connectivity index (χ2v) is 4.67. The van der Waals surface area contributed by atoms with E-state index in [1.54, 1.807) is 0 Å². The van der Waals surface area contributed by atoms with Gasteiger partial charge in [0.15, 0.2) is 0 Å². The van der Waals surface area contributed by atoms with E-state index in [0.717, 1.165) is 25.8 Å². The Kier molecular flexibility index (Phi) is 5.97. The Labute approximate surface area is 102 Å². The molecule has 5 heteroatoms. The van der Waals surface area contributed by atoms with E-state index < -0.39 is 5.97 Å². The first-order valence-corrected chi connectivity index (χ1v) is 6.33. The van der Waals surface area contributed by atoms with E-state index >= 15 is 0 Å². The van der Waals surface area contributed by atoms with Crippen LogP contribution in [0.3, 0.4) is 0 Å². The number of carbonyl (C=O) groups is 2. The van der Waals surface area contributed by atoms with E-state index in [1.165, 1.54) is 0 Å². The molecule has 1 rings (SSSR count). The number of rotatable bonds is 7. The lowest BCUT2D eigenvalue weighted by Crippen LogP contribution is -2.34. The first kappa shape index (κ1) is 14.0. The monoisotopic (exact) mass is 242 g/mol. The van der Waals surface area contributed by atoms with Gasteiger partial charge in [0.25, 0.3) is 0 Å². The molecule has 0 aliphatic carbocycles. The van der Waals surface area contributed by atoms with Crippen molar-refractivity contribution in [2.75, 3.05) is 13.1 Å². The van der Waals surface area contributed by atoms with Gasteiger partial charge in [-0.2, -0.15) is 0 Å². The van der Waals surface area contributed by atoms with Crippen LogP contribution in [0.25, 0.3) is 0 Å². The van der Waals surface area contributed by atoms with Gasteiger partial charge in [0.2, 0.25) is 5.91 Å². The molecule has 0 saturated carbocycles. The maximum atomic E-state index is 11.6. The molecule has 2 unspecified atom stereocenters. The molecule has 1 aliphatic rings. The smallest absolute Gasteiger partial charge is 0.303 e. The van der Waals surface area contributed by atoms with Crippen LogP contribution in [0.1, 0.15) is 39.0 Å². The molecule has 3 N–H and O–H groups in total. The molecule has 0 aromatic rings. The molecular weight excluding hydrogens is 220 g/mol. The zero-order chi connectivity index (χ0) is 12.7. The number of carboxylic acid groups (broad SMARTS) is 1. The van der Waals surface area contributed by atoms with Gasteiger partial charge < -0.3 is 15.7 Å². The van der Waals surface area contributed by atoms with Crippen LogP contribution in [0, 0.1) is 5.92 Å². The Bertz CT molecular complexity index is 262. The van der Waals surface area contributed by atoms with Crippen molar-refractivity contribution in [2.45, 2.75) is 45.1 Å². The lowest BCUT2D eigenvalue weighted by atomic mass is 10.0. The molecule has 1 aliphatic heterocycles. The molecule has 98 valence electrons. The van der Waals surface area contributed by atoms with Crippen LogP contribution in [0.15, 0.2) is 0 Å². The second-order valence-electron chi connectivity index (χ2n) is 4.67. The summed E-state index contributed by atoms with van der Waals surface area (Å²) in [4.78, 5) is 22.2. The van der Waals surface area contributed by atoms with Crippen molar-refractivity contribution in [3.63, 3.8) is 0 Å². The predicted molar refractivity (Wildman–Crippen MR) is 64.7 cm³/mol. The number of hydrogen-bond donors (Lipinski definition) is 3. The summed E-state index contributed by atoms with van der Waals surface area (Å²) in [6.45, 7) is 3.40. The average molecular weight is 242 g/mol. The maximum Gasteiger partial charge on any atom is 0.303 e. The van der Waals surface area contributed by atoms with E-state index in [2.05, 4.69) is 10.6 Å². The molecule has 0 aromatic carbocycles. The molecule has 0 bridgehead atoms. The highest BCUT2D eigenvalue weighted by Gasteiger charge is 2.18. The summed E-state index contributed by atoms with van der Waals surface area (Å²) in [6, 6.07) is 0.301. The van der Waals surface area contributed by atoms with Crippen LogP contribution in [0.5, 0.6) is 0 Å². The van der Waals surface area contributed by atoms with Crippen LogP contribution in [-0.4, -0.2) is 36.1 Å². The summed E-state index contributed by atoms with van der Waals surface area (Å²) in [6.07, 6.45) is 3.59. The Morgan fingerprint density at radius 2 is 2.29 bits per heavy atom.